The first-order valence-electron chi connectivity index (χ1n) is 10.9. The maximum atomic E-state index is 12.8. The van der Waals surface area contributed by atoms with Crippen molar-refractivity contribution in [2.24, 2.45) is 0 Å². The molecule has 2 heterocycles. The van der Waals surface area contributed by atoms with E-state index in [0.29, 0.717) is 30.2 Å². The number of carbonyl (C=O) groups is 2. The average Bonchev–Trinajstić information content (AvgIpc) is 3.29. The second kappa shape index (κ2) is 10.6. The molecule has 2 N–H and O–H groups in total. The first-order chi connectivity index (χ1) is 16.2. The molecule has 180 valence electrons. The molecule has 0 aliphatic carbocycles. The number of hydrogen-bond donors (Lipinski definition) is 2. The quantitative estimate of drug-likeness (QED) is 0.473. The molecule has 0 aliphatic heterocycles. The lowest BCUT2D eigenvalue weighted by Crippen LogP contribution is -2.42. The summed E-state index contributed by atoms with van der Waals surface area (Å²) in [4.78, 5) is 29.8. The first kappa shape index (κ1) is 25.1. The highest BCUT2D eigenvalue weighted by Crippen LogP contribution is 2.22. The molecule has 34 heavy (non-hydrogen) atoms. The number of benzene rings is 1. The number of rotatable bonds is 8. The molecule has 0 aliphatic rings. The molecule has 3 aromatic rings. The molecule has 3 rings (SSSR count). The van der Waals surface area contributed by atoms with Crippen LogP contribution in [0.15, 0.2) is 59.8 Å². The van der Waals surface area contributed by atoms with Gasteiger partial charge in [-0.2, -0.15) is 9.40 Å². The Morgan fingerprint density at radius 3 is 2.35 bits per heavy atom. The summed E-state index contributed by atoms with van der Waals surface area (Å²) in [5, 5.41) is 4.29. The number of aromatic nitrogens is 3. The van der Waals surface area contributed by atoms with Crippen molar-refractivity contribution in [3.63, 3.8) is 0 Å². The van der Waals surface area contributed by atoms with E-state index >= 15 is 0 Å². The van der Waals surface area contributed by atoms with Gasteiger partial charge in [-0.3, -0.25) is 20.4 Å². The average molecular weight is 485 g/mol. The Balaban J connectivity index is 1.78. The van der Waals surface area contributed by atoms with Crippen LogP contribution in [-0.2, 0) is 10.0 Å². The van der Waals surface area contributed by atoms with Gasteiger partial charge in [0.05, 0.1) is 22.3 Å². The van der Waals surface area contributed by atoms with Gasteiger partial charge < -0.3 is 0 Å². The van der Waals surface area contributed by atoms with E-state index in [1.807, 2.05) is 19.9 Å². The molecule has 2 amide bonds. The lowest BCUT2D eigenvalue weighted by atomic mass is 10.1. The van der Waals surface area contributed by atoms with Crippen LogP contribution in [0.25, 0.3) is 5.82 Å². The molecule has 0 saturated heterocycles. The predicted octanol–water partition coefficient (Wildman–Crippen LogP) is 2.50. The van der Waals surface area contributed by atoms with E-state index in [9.17, 15) is 18.0 Å². The van der Waals surface area contributed by atoms with Gasteiger partial charge in [-0.1, -0.05) is 39.8 Å². The number of hydrogen-bond acceptors (Lipinski definition) is 6. The standard InChI is InChI=1S/C23H28N6O4S/c1-5-28(6-2)34(32,33)18-11-9-10-17(14-18)22(30)26-27-23(31)19-15-25-29(21(19)16(3)4)20-12-7-8-13-24-20/h7-16H,5-6H2,1-4H3,(H,26,30)(H,27,31). The van der Waals surface area contributed by atoms with E-state index in [-0.39, 0.29) is 16.4 Å². The molecule has 0 radical (unpaired) electrons. The van der Waals surface area contributed by atoms with Crippen LogP contribution in [0.1, 0.15) is 60.0 Å². The maximum absolute atomic E-state index is 12.8. The SMILES string of the molecule is CCN(CC)S(=O)(=O)c1cccc(C(=O)NNC(=O)c2cnn(-c3ccccn3)c2C(C)C)c1. The predicted molar refractivity (Wildman–Crippen MR) is 127 cm³/mol. The van der Waals surface area contributed by atoms with Crippen molar-refractivity contribution in [2.75, 3.05) is 13.1 Å². The fraction of sp³-hybridized carbons (Fsp3) is 0.304. The molecule has 2 aromatic heterocycles. The molecule has 0 fully saturated rings. The van der Waals surface area contributed by atoms with Crippen molar-refractivity contribution in [2.45, 2.75) is 38.5 Å². The molecule has 0 spiro atoms. The highest BCUT2D eigenvalue weighted by Gasteiger charge is 2.24. The van der Waals surface area contributed by atoms with Gasteiger partial charge in [0.15, 0.2) is 5.82 Å². The molecule has 0 unspecified atom stereocenters. The van der Waals surface area contributed by atoms with Crippen LogP contribution in [-0.4, -0.2) is 52.4 Å². The van der Waals surface area contributed by atoms with Crippen LogP contribution in [0.5, 0.6) is 0 Å². The summed E-state index contributed by atoms with van der Waals surface area (Å²) in [6.07, 6.45) is 3.05. The van der Waals surface area contributed by atoms with Gasteiger partial charge in [0.25, 0.3) is 11.8 Å². The summed E-state index contributed by atoms with van der Waals surface area (Å²) in [6, 6.07) is 11.1. The van der Waals surface area contributed by atoms with Gasteiger partial charge in [-0.25, -0.2) is 18.1 Å². The highest BCUT2D eigenvalue weighted by molar-refractivity contribution is 7.89. The smallest absolute Gasteiger partial charge is 0.267 e. The van der Waals surface area contributed by atoms with E-state index in [4.69, 9.17) is 0 Å². The van der Waals surface area contributed by atoms with E-state index in [0.717, 1.165) is 0 Å². The maximum Gasteiger partial charge on any atom is 0.273 e. The Kier molecular flexibility index (Phi) is 7.79. The third-order valence-corrected chi connectivity index (χ3v) is 7.24. The third-order valence-electron chi connectivity index (χ3n) is 5.19. The van der Waals surface area contributed by atoms with Crippen molar-refractivity contribution in [1.82, 2.24) is 29.9 Å². The molecule has 10 nitrogen and oxygen atoms in total. The van der Waals surface area contributed by atoms with Crippen LogP contribution in [0.3, 0.4) is 0 Å². The van der Waals surface area contributed by atoms with Crippen molar-refractivity contribution < 1.29 is 18.0 Å². The zero-order valence-corrected chi connectivity index (χ0v) is 20.3. The Labute approximate surface area is 199 Å². The number of pyridine rings is 1. The number of nitrogens with zero attached hydrogens (tertiary/aromatic N) is 4. The van der Waals surface area contributed by atoms with Crippen molar-refractivity contribution in [3.05, 3.63) is 71.7 Å². The number of sulfonamides is 1. The summed E-state index contributed by atoms with van der Waals surface area (Å²) in [5.74, 6) is -0.678. The number of hydrazine groups is 1. The molecule has 1 aromatic carbocycles. The molecular weight excluding hydrogens is 456 g/mol. The minimum atomic E-state index is -3.72. The van der Waals surface area contributed by atoms with Gasteiger partial charge in [-0.15, -0.1) is 0 Å². The number of nitrogens with one attached hydrogen (secondary N) is 2. The van der Waals surface area contributed by atoms with E-state index in [1.165, 1.54) is 34.8 Å². The highest BCUT2D eigenvalue weighted by atomic mass is 32.2. The first-order valence-corrected chi connectivity index (χ1v) is 12.3. The van der Waals surface area contributed by atoms with E-state index in [2.05, 4.69) is 20.9 Å². The molecular formula is C23H28N6O4S. The zero-order valence-electron chi connectivity index (χ0n) is 19.5. The van der Waals surface area contributed by atoms with Crippen molar-refractivity contribution in [3.8, 4) is 5.82 Å². The topological polar surface area (TPSA) is 126 Å². The zero-order chi connectivity index (χ0) is 24.9. The third kappa shape index (κ3) is 5.15. The molecule has 0 atom stereocenters. The summed E-state index contributed by atoms with van der Waals surface area (Å²) >= 11 is 0. The number of amides is 2. The normalized spacial score (nSPS) is 11.6. The van der Waals surface area contributed by atoms with Gasteiger partial charge in [-0.05, 0) is 36.2 Å². The van der Waals surface area contributed by atoms with Crippen molar-refractivity contribution >= 4 is 21.8 Å². The van der Waals surface area contributed by atoms with Gasteiger partial charge in [0, 0.05) is 24.8 Å². The summed E-state index contributed by atoms with van der Waals surface area (Å²) in [7, 11) is -3.72. The van der Waals surface area contributed by atoms with E-state index < -0.39 is 21.8 Å². The van der Waals surface area contributed by atoms with Gasteiger partial charge >= 0.3 is 0 Å². The molecule has 11 heteroatoms. The Morgan fingerprint density at radius 2 is 1.74 bits per heavy atom. The van der Waals surface area contributed by atoms with Gasteiger partial charge in [0.1, 0.15) is 0 Å². The summed E-state index contributed by atoms with van der Waals surface area (Å²) in [5.41, 5.74) is 5.76. The lowest BCUT2D eigenvalue weighted by Gasteiger charge is -2.18. The molecule has 0 saturated carbocycles. The van der Waals surface area contributed by atoms with Gasteiger partial charge in [0.2, 0.25) is 10.0 Å². The van der Waals surface area contributed by atoms with Crippen molar-refractivity contribution in [1.29, 1.82) is 0 Å². The Morgan fingerprint density at radius 1 is 1.03 bits per heavy atom. The van der Waals surface area contributed by atoms with Crippen LogP contribution in [0.4, 0.5) is 0 Å². The minimum Gasteiger partial charge on any atom is -0.267 e. The largest absolute Gasteiger partial charge is 0.273 e. The Bertz CT molecular complexity index is 1270. The van der Waals surface area contributed by atoms with E-state index in [1.54, 1.807) is 36.9 Å². The fourth-order valence-corrected chi connectivity index (χ4v) is 5.02. The second-order valence-electron chi connectivity index (χ2n) is 7.72. The van der Waals surface area contributed by atoms with Crippen LogP contribution >= 0.6 is 0 Å². The fourth-order valence-electron chi connectivity index (χ4n) is 3.51. The Hall–Kier alpha value is -3.57. The monoisotopic (exact) mass is 484 g/mol. The number of carbonyl (C=O) groups excluding carboxylic acids is 2. The van der Waals surface area contributed by atoms with Crippen LogP contribution in [0, 0.1) is 0 Å². The van der Waals surface area contributed by atoms with Crippen LogP contribution < -0.4 is 10.9 Å². The van der Waals surface area contributed by atoms with Crippen LogP contribution in [0.2, 0.25) is 0 Å². The molecule has 0 bridgehead atoms. The second-order valence-corrected chi connectivity index (χ2v) is 9.66. The lowest BCUT2D eigenvalue weighted by molar-refractivity contribution is 0.0846. The minimum absolute atomic E-state index is 0.00825. The summed E-state index contributed by atoms with van der Waals surface area (Å²) in [6.45, 7) is 7.97. The summed E-state index contributed by atoms with van der Waals surface area (Å²) < 4.78 is 28.4.